The first kappa shape index (κ1) is 17.5. The third-order valence-electron chi connectivity index (χ3n) is 3.68. The minimum absolute atomic E-state index is 0.0397. The Morgan fingerprint density at radius 3 is 2.42 bits per heavy atom. The fraction of sp³-hybridized carbons (Fsp3) is 0.263. The molecular formula is C19H21N3O2. The lowest BCUT2D eigenvalue weighted by Crippen LogP contribution is -2.33. The number of nitrogens with one attached hydrogen (secondary N) is 2. The fourth-order valence-corrected chi connectivity index (χ4v) is 2.49. The van der Waals surface area contributed by atoms with E-state index in [-0.39, 0.29) is 11.9 Å². The smallest absolute Gasteiger partial charge is 0.319 e. The van der Waals surface area contributed by atoms with Crippen LogP contribution in [0.25, 0.3) is 0 Å². The monoisotopic (exact) mass is 323 g/mol. The van der Waals surface area contributed by atoms with E-state index in [9.17, 15) is 9.90 Å². The second-order valence-corrected chi connectivity index (χ2v) is 5.72. The van der Waals surface area contributed by atoms with Gasteiger partial charge in [-0.15, -0.1) is 0 Å². The molecule has 5 nitrogen and oxygen atoms in total. The molecule has 2 rings (SSSR count). The van der Waals surface area contributed by atoms with Crippen molar-refractivity contribution in [2.24, 2.45) is 0 Å². The maximum atomic E-state index is 12.0. The van der Waals surface area contributed by atoms with Gasteiger partial charge in [0.2, 0.25) is 0 Å². The highest BCUT2D eigenvalue weighted by atomic mass is 16.3. The quantitative estimate of drug-likeness (QED) is 0.763. The van der Waals surface area contributed by atoms with Crippen LogP contribution in [0.15, 0.2) is 54.6 Å². The number of aliphatic hydroxyl groups excluding tert-OH is 1. The van der Waals surface area contributed by atoms with Crippen molar-refractivity contribution in [3.8, 4) is 6.07 Å². The summed E-state index contributed by atoms with van der Waals surface area (Å²) in [7, 11) is 0. The molecule has 2 aromatic carbocycles. The predicted octanol–water partition coefficient (Wildman–Crippen LogP) is 3.23. The van der Waals surface area contributed by atoms with Crippen molar-refractivity contribution in [3.63, 3.8) is 0 Å². The maximum Gasteiger partial charge on any atom is 0.319 e. The summed E-state index contributed by atoms with van der Waals surface area (Å²) in [5.41, 5.74) is 2.25. The van der Waals surface area contributed by atoms with Crippen LogP contribution in [-0.2, 0) is 0 Å². The third-order valence-corrected chi connectivity index (χ3v) is 3.68. The highest BCUT2D eigenvalue weighted by molar-refractivity contribution is 5.89. The van der Waals surface area contributed by atoms with E-state index in [1.807, 2.05) is 36.4 Å². The Bertz CT molecular complexity index is 691. The zero-order valence-electron chi connectivity index (χ0n) is 13.6. The Labute approximate surface area is 141 Å². The van der Waals surface area contributed by atoms with Gasteiger partial charge in [-0.25, -0.2) is 4.79 Å². The van der Waals surface area contributed by atoms with Gasteiger partial charge in [0.25, 0.3) is 0 Å². The van der Waals surface area contributed by atoms with Crippen molar-refractivity contribution in [2.75, 3.05) is 11.9 Å². The predicted molar refractivity (Wildman–Crippen MR) is 93.7 cm³/mol. The molecule has 124 valence electrons. The number of hydrogen-bond acceptors (Lipinski definition) is 3. The van der Waals surface area contributed by atoms with Gasteiger partial charge < -0.3 is 15.7 Å². The van der Waals surface area contributed by atoms with Crippen LogP contribution < -0.4 is 10.6 Å². The Kier molecular flexibility index (Phi) is 6.35. The summed E-state index contributed by atoms with van der Waals surface area (Å²) < 4.78 is 0. The molecule has 2 aromatic rings. The number of urea groups is 1. The molecule has 0 bridgehead atoms. The first-order valence-corrected chi connectivity index (χ1v) is 7.86. The SMILES string of the molecule is CC(O)CC(CNC(=O)Nc1ccc(C#N)cc1)c1ccccc1. The normalized spacial score (nSPS) is 12.7. The Balaban J connectivity index is 1.93. The lowest BCUT2D eigenvalue weighted by atomic mass is 9.93. The van der Waals surface area contributed by atoms with E-state index in [0.717, 1.165) is 5.56 Å². The molecule has 0 heterocycles. The number of aliphatic hydroxyl groups is 1. The molecule has 0 aromatic heterocycles. The van der Waals surface area contributed by atoms with Crippen molar-refractivity contribution in [1.82, 2.24) is 5.32 Å². The van der Waals surface area contributed by atoms with E-state index in [1.54, 1.807) is 31.2 Å². The van der Waals surface area contributed by atoms with Gasteiger partial charge in [0.15, 0.2) is 0 Å². The minimum Gasteiger partial charge on any atom is -0.393 e. The van der Waals surface area contributed by atoms with E-state index in [0.29, 0.717) is 24.2 Å². The van der Waals surface area contributed by atoms with Crippen LogP contribution in [0, 0.1) is 11.3 Å². The number of carbonyl (C=O) groups is 1. The third kappa shape index (κ3) is 5.41. The molecule has 0 aliphatic carbocycles. The second kappa shape index (κ2) is 8.70. The topological polar surface area (TPSA) is 85.2 Å². The van der Waals surface area contributed by atoms with Crippen molar-refractivity contribution in [1.29, 1.82) is 5.26 Å². The number of benzene rings is 2. The van der Waals surface area contributed by atoms with Gasteiger partial charge in [0.1, 0.15) is 0 Å². The molecule has 3 N–H and O–H groups in total. The molecule has 0 aliphatic rings. The molecule has 0 spiro atoms. The molecule has 2 atom stereocenters. The minimum atomic E-state index is -0.446. The van der Waals surface area contributed by atoms with E-state index in [1.165, 1.54) is 0 Å². The van der Waals surface area contributed by atoms with E-state index < -0.39 is 6.10 Å². The molecule has 0 fully saturated rings. The summed E-state index contributed by atoms with van der Waals surface area (Å²) in [4.78, 5) is 12.0. The highest BCUT2D eigenvalue weighted by Crippen LogP contribution is 2.20. The van der Waals surface area contributed by atoms with E-state index in [4.69, 9.17) is 5.26 Å². The van der Waals surface area contributed by atoms with Gasteiger partial charge >= 0.3 is 6.03 Å². The molecule has 0 saturated heterocycles. The van der Waals surface area contributed by atoms with Gasteiger partial charge in [-0.2, -0.15) is 5.26 Å². The first-order valence-electron chi connectivity index (χ1n) is 7.86. The largest absolute Gasteiger partial charge is 0.393 e. The molecule has 2 amide bonds. The molecule has 0 aliphatic heterocycles. The average Bonchev–Trinajstić information content (AvgIpc) is 2.59. The number of nitriles is 1. The molecule has 0 saturated carbocycles. The van der Waals surface area contributed by atoms with E-state index in [2.05, 4.69) is 10.6 Å². The number of nitrogens with zero attached hydrogens (tertiary/aromatic N) is 1. The summed E-state index contributed by atoms with van der Waals surface area (Å²) in [6.07, 6.45) is 0.125. The van der Waals surface area contributed by atoms with Crippen LogP contribution >= 0.6 is 0 Å². The van der Waals surface area contributed by atoms with Gasteiger partial charge in [0.05, 0.1) is 17.7 Å². The van der Waals surface area contributed by atoms with Crippen molar-refractivity contribution < 1.29 is 9.90 Å². The highest BCUT2D eigenvalue weighted by Gasteiger charge is 2.15. The van der Waals surface area contributed by atoms with Crippen LogP contribution in [0.5, 0.6) is 0 Å². The number of rotatable bonds is 6. The van der Waals surface area contributed by atoms with Crippen molar-refractivity contribution >= 4 is 11.7 Å². The van der Waals surface area contributed by atoms with Gasteiger partial charge in [-0.3, -0.25) is 0 Å². The molecule has 2 unspecified atom stereocenters. The Hall–Kier alpha value is -2.84. The molecular weight excluding hydrogens is 302 g/mol. The van der Waals surface area contributed by atoms with Crippen LogP contribution in [-0.4, -0.2) is 23.8 Å². The summed E-state index contributed by atoms with van der Waals surface area (Å²) in [6.45, 7) is 2.17. The zero-order chi connectivity index (χ0) is 17.4. The average molecular weight is 323 g/mol. The summed E-state index contributed by atoms with van der Waals surface area (Å²) in [5, 5.41) is 24.0. The number of carbonyl (C=O) groups excluding carboxylic acids is 1. The summed E-state index contributed by atoms with van der Waals surface area (Å²) >= 11 is 0. The van der Waals surface area contributed by atoms with Gasteiger partial charge in [-0.05, 0) is 43.2 Å². The van der Waals surface area contributed by atoms with Crippen LogP contribution in [0.4, 0.5) is 10.5 Å². The van der Waals surface area contributed by atoms with Crippen LogP contribution in [0.3, 0.4) is 0 Å². The summed E-state index contributed by atoms with van der Waals surface area (Å²) in [6, 6.07) is 18.2. The zero-order valence-corrected chi connectivity index (χ0v) is 13.6. The van der Waals surface area contributed by atoms with Crippen molar-refractivity contribution in [3.05, 3.63) is 65.7 Å². The first-order chi connectivity index (χ1) is 11.6. The van der Waals surface area contributed by atoms with E-state index >= 15 is 0 Å². The Morgan fingerprint density at radius 1 is 1.17 bits per heavy atom. The summed E-state index contributed by atoms with van der Waals surface area (Å²) in [5.74, 6) is 0.0397. The number of amides is 2. The molecule has 0 radical (unpaired) electrons. The van der Waals surface area contributed by atoms with Crippen LogP contribution in [0.2, 0.25) is 0 Å². The van der Waals surface area contributed by atoms with Crippen LogP contribution in [0.1, 0.15) is 30.4 Å². The molecule has 24 heavy (non-hydrogen) atoms. The number of hydrogen-bond donors (Lipinski definition) is 3. The Morgan fingerprint density at radius 2 is 1.83 bits per heavy atom. The number of anilines is 1. The fourth-order valence-electron chi connectivity index (χ4n) is 2.49. The lowest BCUT2D eigenvalue weighted by Gasteiger charge is -2.20. The second-order valence-electron chi connectivity index (χ2n) is 5.72. The molecule has 5 heteroatoms. The van der Waals surface area contributed by atoms with Gasteiger partial charge in [-0.1, -0.05) is 30.3 Å². The maximum absolute atomic E-state index is 12.0. The van der Waals surface area contributed by atoms with Gasteiger partial charge in [0, 0.05) is 18.2 Å². The standard InChI is InChI=1S/C19H21N3O2/c1-14(23)11-17(16-5-3-2-4-6-16)13-21-19(24)22-18-9-7-15(12-20)8-10-18/h2-10,14,17,23H,11,13H2,1H3,(H2,21,22,24). The van der Waals surface area contributed by atoms with Crippen molar-refractivity contribution in [2.45, 2.75) is 25.4 Å². The lowest BCUT2D eigenvalue weighted by molar-refractivity contribution is 0.173.